The van der Waals surface area contributed by atoms with Gasteiger partial charge in [-0.15, -0.1) is 0 Å². The zero-order chi connectivity index (χ0) is 13.1. The number of hydrogen-bond donors (Lipinski definition) is 1. The van der Waals surface area contributed by atoms with Crippen molar-refractivity contribution < 1.29 is 9.26 Å². The van der Waals surface area contributed by atoms with Gasteiger partial charge in [0, 0.05) is 6.54 Å². The fourth-order valence-corrected chi connectivity index (χ4v) is 1.92. The summed E-state index contributed by atoms with van der Waals surface area (Å²) in [6.45, 7) is 0.953. The van der Waals surface area contributed by atoms with Crippen molar-refractivity contribution in [2.75, 3.05) is 0 Å². The molecule has 4 heteroatoms. The van der Waals surface area contributed by atoms with E-state index in [1.807, 2.05) is 48.5 Å². The third-order valence-electron chi connectivity index (χ3n) is 2.96. The van der Waals surface area contributed by atoms with Gasteiger partial charge in [-0.1, -0.05) is 36.4 Å². The molecule has 0 aliphatic rings. The van der Waals surface area contributed by atoms with Crippen molar-refractivity contribution in [3.8, 4) is 5.88 Å². The van der Waals surface area contributed by atoms with Gasteiger partial charge in [0.1, 0.15) is 6.61 Å². The van der Waals surface area contributed by atoms with E-state index >= 15 is 0 Å². The summed E-state index contributed by atoms with van der Waals surface area (Å²) in [5, 5.41) is 4.81. The Morgan fingerprint density at radius 3 is 2.68 bits per heavy atom. The lowest BCUT2D eigenvalue weighted by atomic mass is 10.1. The number of hydrogen-bond acceptors (Lipinski definition) is 4. The predicted octanol–water partition coefficient (Wildman–Crippen LogP) is 2.87. The van der Waals surface area contributed by atoms with Crippen molar-refractivity contribution in [1.82, 2.24) is 5.16 Å². The molecule has 0 saturated heterocycles. The first-order valence-corrected chi connectivity index (χ1v) is 6.12. The molecule has 96 valence electrons. The van der Waals surface area contributed by atoms with Crippen LogP contribution in [0.15, 0.2) is 53.1 Å². The minimum Gasteiger partial charge on any atom is -0.470 e. The maximum absolute atomic E-state index is 5.70. The zero-order valence-electron chi connectivity index (χ0n) is 10.4. The summed E-state index contributed by atoms with van der Waals surface area (Å²) in [6.07, 6.45) is 0. The Morgan fingerprint density at radius 1 is 1.05 bits per heavy atom. The summed E-state index contributed by atoms with van der Waals surface area (Å²) in [7, 11) is 0. The van der Waals surface area contributed by atoms with Crippen LogP contribution >= 0.6 is 0 Å². The van der Waals surface area contributed by atoms with Gasteiger partial charge in [0.05, 0.1) is 5.39 Å². The Balaban J connectivity index is 1.84. The Bertz CT molecular complexity index is 677. The molecule has 0 amide bonds. The summed E-state index contributed by atoms with van der Waals surface area (Å²) < 4.78 is 10.9. The molecule has 0 aliphatic heterocycles. The monoisotopic (exact) mass is 254 g/mol. The first kappa shape index (κ1) is 11.7. The van der Waals surface area contributed by atoms with Crippen molar-refractivity contribution >= 4 is 11.0 Å². The van der Waals surface area contributed by atoms with Crippen molar-refractivity contribution in [2.45, 2.75) is 13.2 Å². The lowest BCUT2D eigenvalue weighted by Crippen LogP contribution is -1.97. The van der Waals surface area contributed by atoms with Gasteiger partial charge in [0.25, 0.3) is 5.88 Å². The topological polar surface area (TPSA) is 61.3 Å². The lowest BCUT2D eigenvalue weighted by Gasteiger charge is -2.03. The molecule has 4 nitrogen and oxygen atoms in total. The standard InChI is InChI=1S/C15H14N2O2/c16-9-12-6-7-14-13(8-12)15(17-19-14)18-10-11-4-2-1-3-5-11/h1-8H,9-10,16H2. The highest BCUT2D eigenvalue weighted by Gasteiger charge is 2.09. The van der Waals surface area contributed by atoms with E-state index < -0.39 is 0 Å². The lowest BCUT2D eigenvalue weighted by molar-refractivity contribution is 0.274. The first-order valence-electron chi connectivity index (χ1n) is 6.12. The number of rotatable bonds is 4. The van der Waals surface area contributed by atoms with E-state index in [0.717, 1.165) is 16.5 Å². The highest BCUT2D eigenvalue weighted by atomic mass is 16.5. The number of benzene rings is 2. The Hall–Kier alpha value is -2.33. The molecule has 0 bridgehead atoms. The number of nitrogens with two attached hydrogens (primary N) is 1. The van der Waals surface area contributed by atoms with Gasteiger partial charge in [-0.3, -0.25) is 0 Å². The van der Waals surface area contributed by atoms with Gasteiger partial charge < -0.3 is 15.0 Å². The molecule has 0 spiro atoms. The molecular weight excluding hydrogens is 240 g/mol. The van der Waals surface area contributed by atoms with Crippen LogP contribution in [0.2, 0.25) is 0 Å². The SMILES string of the molecule is NCc1ccc2onc(OCc3ccccc3)c2c1. The van der Waals surface area contributed by atoms with Crippen molar-refractivity contribution in [2.24, 2.45) is 5.73 Å². The minimum atomic E-state index is 0.468. The number of aromatic nitrogens is 1. The Kier molecular flexibility index (Phi) is 3.16. The second kappa shape index (κ2) is 5.12. The van der Waals surface area contributed by atoms with Crippen molar-refractivity contribution in [1.29, 1.82) is 0 Å². The van der Waals surface area contributed by atoms with E-state index in [1.54, 1.807) is 0 Å². The molecule has 0 radical (unpaired) electrons. The molecule has 19 heavy (non-hydrogen) atoms. The molecule has 0 atom stereocenters. The van der Waals surface area contributed by atoms with Gasteiger partial charge in [-0.25, -0.2) is 0 Å². The van der Waals surface area contributed by atoms with E-state index in [9.17, 15) is 0 Å². The Morgan fingerprint density at radius 2 is 1.89 bits per heavy atom. The van der Waals surface area contributed by atoms with Crippen LogP contribution in [0.4, 0.5) is 0 Å². The van der Waals surface area contributed by atoms with Crippen LogP contribution in [0.3, 0.4) is 0 Å². The molecule has 3 rings (SSSR count). The average molecular weight is 254 g/mol. The molecule has 2 aromatic carbocycles. The highest BCUT2D eigenvalue weighted by Crippen LogP contribution is 2.26. The molecule has 3 aromatic rings. The van der Waals surface area contributed by atoms with Crippen LogP contribution in [0.5, 0.6) is 5.88 Å². The van der Waals surface area contributed by atoms with E-state index in [4.69, 9.17) is 15.0 Å². The highest BCUT2D eigenvalue weighted by molar-refractivity contribution is 5.82. The summed E-state index contributed by atoms with van der Waals surface area (Å²) >= 11 is 0. The molecule has 0 unspecified atom stereocenters. The van der Waals surface area contributed by atoms with E-state index in [0.29, 0.717) is 24.6 Å². The predicted molar refractivity (Wildman–Crippen MR) is 72.7 cm³/mol. The minimum absolute atomic E-state index is 0.468. The molecule has 0 fully saturated rings. The van der Waals surface area contributed by atoms with Gasteiger partial charge in [-0.05, 0) is 28.4 Å². The normalized spacial score (nSPS) is 10.8. The smallest absolute Gasteiger partial charge is 0.262 e. The van der Waals surface area contributed by atoms with Crippen molar-refractivity contribution in [3.05, 3.63) is 59.7 Å². The molecule has 0 saturated carbocycles. The van der Waals surface area contributed by atoms with Crippen LogP contribution in [0.1, 0.15) is 11.1 Å². The van der Waals surface area contributed by atoms with Gasteiger partial charge >= 0.3 is 0 Å². The fraction of sp³-hybridized carbons (Fsp3) is 0.133. The summed E-state index contributed by atoms with van der Waals surface area (Å²) in [4.78, 5) is 0. The third-order valence-corrected chi connectivity index (χ3v) is 2.96. The second-order valence-electron chi connectivity index (χ2n) is 4.30. The Labute approximate surface area is 110 Å². The second-order valence-corrected chi connectivity index (χ2v) is 4.30. The molecule has 1 aromatic heterocycles. The third kappa shape index (κ3) is 2.44. The van der Waals surface area contributed by atoms with Crippen LogP contribution in [0, 0.1) is 0 Å². The van der Waals surface area contributed by atoms with Gasteiger partial charge in [0.2, 0.25) is 0 Å². The van der Waals surface area contributed by atoms with Crippen molar-refractivity contribution in [3.63, 3.8) is 0 Å². The van der Waals surface area contributed by atoms with Gasteiger partial charge in [0.15, 0.2) is 5.58 Å². The van der Waals surface area contributed by atoms with Crippen LogP contribution in [-0.2, 0) is 13.2 Å². The van der Waals surface area contributed by atoms with Gasteiger partial charge in [-0.2, -0.15) is 0 Å². The quantitative estimate of drug-likeness (QED) is 0.777. The van der Waals surface area contributed by atoms with Crippen LogP contribution in [-0.4, -0.2) is 5.16 Å². The van der Waals surface area contributed by atoms with E-state index in [1.165, 1.54) is 0 Å². The summed E-state index contributed by atoms with van der Waals surface area (Å²) in [5.74, 6) is 0.508. The molecule has 2 N–H and O–H groups in total. The van der Waals surface area contributed by atoms with Crippen LogP contribution in [0.25, 0.3) is 11.0 Å². The van der Waals surface area contributed by atoms with E-state index in [-0.39, 0.29) is 0 Å². The van der Waals surface area contributed by atoms with E-state index in [2.05, 4.69) is 5.16 Å². The first-order chi connectivity index (χ1) is 9.36. The maximum atomic E-state index is 5.70. The average Bonchev–Trinajstić information content (AvgIpc) is 2.88. The molecular formula is C15H14N2O2. The fourth-order valence-electron chi connectivity index (χ4n) is 1.92. The maximum Gasteiger partial charge on any atom is 0.262 e. The molecule has 0 aliphatic carbocycles. The summed E-state index contributed by atoms with van der Waals surface area (Å²) in [6, 6.07) is 15.7. The largest absolute Gasteiger partial charge is 0.470 e. The summed E-state index contributed by atoms with van der Waals surface area (Å²) in [5.41, 5.74) is 8.46. The number of ether oxygens (including phenoxy) is 1. The zero-order valence-corrected chi connectivity index (χ0v) is 10.4. The number of fused-ring (bicyclic) bond motifs is 1. The molecule has 1 heterocycles. The number of nitrogens with zero attached hydrogens (tertiary/aromatic N) is 1. The van der Waals surface area contributed by atoms with Crippen LogP contribution < -0.4 is 10.5 Å².